The second kappa shape index (κ2) is 11.5. The lowest BCUT2D eigenvalue weighted by atomic mass is 10.2. The van der Waals surface area contributed by atoms with E-state index in [1.165, 1.54) is 0 Å². The van der Waals surface area contributed by atoms with Crippen LogP contribution in [0.5, 0.6) is 11.5 Å². The SMILES string of the molecule is CCOc1cc(CNc2ccc(Cl)c(Cl)c2)ccc1OCC(=O)Nc1ccc(Cl)c(Cl)c1. The van der Waals surface area contributed by atoms with E-state index in [0.29, 0.717) is 50.4 Å². The highest BCUT2D eigenvalue weighted by Crippen LogP contribution is 2.30. The summed E-state index contributed by atoms with van der Waals surface area (Å²) in [7, 11) is 0. The van der Waals surface area contributed by atoms with Gasteiger partial charge in [-0.25, -0.2) is 0 Å². The molecule has 9 heteroatoms. The smallest absolute Gasteiger partial charge is 0.262 e. The molecule has 0 unspecified atom stereocenters. The number of hydrogen-bond donors (Lipinski definition) is 2. The zero-order valence-corrected chi connectivity index (χ0v) is 20.1. The van der Waals surface area contributed by atoms with Crippen molar-refractivity contribution in [3.05, 3.63) is 80.3 Å². The minimum atomic E-state index is -0.337. The van der Waals surface area contributed by atoms with E-state index in [-0.39, 0.29) is 12.5 Å². The van der Waals surface area contributed by atoms with Crippen molar-refractivity contribution in [1.82, 2.24) is 0 Å². The molecule has 0 saturated carbocycles. The highest BCUT2D eigenvalue weighted by molar-refractivity contribution is 6.42. The molecule has 0 aliphatic carbocycles. The summed E-state index contributed by atoms with van der Waals surface area (Å²) in [6.45, 7) is 2.67. The zero-order valence-electron chi connectivity index (χ0n) is 17.1. The maximum absolute atomic E-state index is 12.2. The minimum absolute atomic E-state index is 0.193. The molecule has 3 aromatic carbocycles. The van der Waals surface area contributed by atoms with Gasteiger partial charge in [-0.2, -0.15) is 0 Å². The van der Waals surface area contributed by atoms with Crippen LogP contribution in [0.2, 0.25) is 20.1 Å². The number of nitrogens with one attached hydrogen (secondary N) is 2. The predicted molar refractivity (Wildman–Crippen MR) is 132 cm³/mol. The van der Waals surface area contributed by atoms with Crippen LogP contribution in [-0.2, 0) is 11.3 Å². The molecule has 0 aliphatic rings. The highest BCUT2D eigenvalue weighted by Gasteiger charge is 2.11. The molecule has 0 aromatic heterocycles. The average molecular weight is 514 g/mol. The van der Waals surface area contributed by atoms with Crippen LogP contribution in [0, 0.1) is 0 Å². The molecule has 0 aliphatic heterocycles. The van der Waals surface area contributed by atoms with Gasteiger partial charge in [-0.3, -0.25) is 4.79 Å². The van der Waals surface area contributed by atoms with Gasteiger partial charge in [-0.15, -0.1) is 0 Å². The molecule has 0 saturated heterocycles. The van der Waals surface area contributed by atoms with Crippen molar-refractivity contribution in [2.24, 2.45) is 0 Å². The Hall–Kier alpha value is -2.31. The fraction of sp³-hybridized carbons (Fsp3) is 0.174. The van der Waals surface area contributed by atoms with Crippen molar-refractivity contribution < 1.29 is 14.3 Å². The Kier molecular flexibility index (Phi) is 8.76. The van der Waals surface area contributed by atoms with Gasteiger partial charge in [0.2, 0.25) is 0 Å². The first kappa shape index (κ1) is 24.3. The number of amides is 1. The maximum Gasteiger partial charge on any atom is 0.262 e. The van der Waals surface area contributed by atoms with E-state index >= 15 is 0 Å². The number of ether oxygens (including phenoxy) is 2. The van der Waals surface area contributed by atoms with Crippen molar-refractivity contribution >= 4 is 63.7 Å². The topological polar surface area (TPSA) is 59.6 Å². The molecule has 0 heterocycles. The average Bonchev–Trinajstić information content (AvgIpc) is 2.76. The lowest BCUT2D eigenvalue weighted by Crippen LogP contribution is -2.20. The van der Waals surface area contributed by atoms with Crippen molar-refractivity contribution in [3.8, 4) is 11.5 Å². The monoisotopic (exact) mass is 512 g/mol. The number of halogens is 4. The van der Waals surface area contributed by atoms with Crippen LogP contribution >= 0.6 is 46.4 Å². The van der Waals surface area contributed by atoms with E-state index in [9.17, 15) is 4.79 Å². The van der Waals surface area contributed by atoms with Gasteiger partial charge in [-0.05, 0) is 61.0 Å². The van der Waals surface area contributed by atoms with Crippen LogP contribution in [0.25, 0.3) is 0 Å². The normalized spacial score (nSPS) is 10.5. The van der Waals surface area contributed by atoms with Gasteiger partial charge in [0.15, 0.2) is 18.1 Å². The lowest BCUT2D eigenvalue weighted by molar-refractivity contribution is -0.118. The summed E-state index contributed by atoms with van der Waals surface area (Å²) in [4.78, 5) is 12.2. The number of carbonyl (C=O) groups excluding carboxylic acids is 1. The van der Waals surface area contributed by atoms with Crippen molar-refractivity contribution in [2.45, 2.75) is 13.5 Å². The summed E-state index contributed by atoms with van der Waals surface area (Å²) in [6, 6.07) is 15.7. The first-order chi connectivity index (χ1) is 15.4. The fourth-order valence-electron chi connectivity index (χ4n) is 2.77. The van der Waals surface area contributed by atoms with Crippen LogP contribution < -0.4 is 20.1 Å². The summed E-state index contributed by atoms with van der Waals surface area (Å²) in [5.74, 6) is 0.675. The Bertz CT molecular complexity index is 1110. The molecule has 0 radical (unpaired) electrons. The van der Waals surface area contributed by atoms with Crippen LogP contribution in [0.3, 0.4) is 0 Å². The molecule has 0 bridgehead atoms. The molecule has 3 aromatic rings. The van der Waals surface area contributed by atoms with Crippen molar-refractivity contribution in [2.75, 3.05) is 23.8 Å². The van der Waals surface area contributed by atoms with E-state index in [4.69, 9.17) is 55.9 Å². The van der Waals surface area contributed by atoms with Gasteiger partial charge < -0.3 is 20.1 Å². The summed E-state index contributed by atoms with van der Waals surface area (Å²) in [5.41, 5.74) is 2.34. The number of anilines is 2. The van der Waals surface area contributed by atoms with Crippen LogP contribution in [0.4, 0.5) is 11.4 Å². The van der Waals surface area contributed by atoms with E-state index in [0.717, 1.165) is 11.3 Å². The highest BCUT2D eigenvalue weighted by atomic mass is 35.5. The second-order valence-electron chi connectivity index (χ2n) is 6.66. The third-order valence-corrected chi connectivity index (χ3v) is 5.76. The van der Waals surface area contributed by atoms with Crippen molar-refractivity contribution in [3.63, 3.8) is 0 Å². The Morgan fingerprint density at radius 1 is 0.781 bits per heavy atom. The quantitative estimate of drug-likeness (QED) is 0.314. The molecule has 32 heavy (non-hydrogen) atoms. The van der Waals surface area contributed by atoms with Gasteiger partial charge in [0.1, 0.15) is 0 Å². The van der Waals surface area contributed by atoms with Crippen LogP contribution in [-0.4, -0.2) is 19.1 Å². The summed E-state index contributed by atoms with van der Waals surface area (Å²) in [6.07, 6.45) is 0. The van der Waals surface area contributed by atoms with Crippen LogP contribution in [0.1, 0.15) is 12.5 Å². The number of benzene rings is 3. The minimum Gasteiger partial charge on any atom is -0.490 e. The molecular formula is C23H20Cl4N2O3. The Balaban J connectivity index is 1.61. The van der Waals surface area contributed by atoms with Gasteiger partial charge in [0, 0.05) is 17.9 Å². The molecular weight excluding hydrogens is 494 g/mol. The van der Waals surface area contributed by atoms with Gasteiger partial charge in [0.05, 0.1) is 26.7 Å². The Morgan fingerprint density at radius 2 is 1.44 bits per heavy atom. The number of rotatable bonds is 9. The Morgan fingerprint density at radius 3 is 2.09 bits per heavy atom. The molecule has 168 valence electrons. The largest absolute Gasteiger partial charge is 0.490 e. The molecule has 3 rings (SSSR count). The van der Waals surface area contributed by atoms with Gasteiger partial charge >= 0.3 is 0 Å². The molecule has 1 amide bonds. The maximum atomic E-state index is 12.2. The summed E-state index contributed by atoms with van der Waals surface area (Å²) in [5, 5.41) is 7.74. The standard InChI is InChI=1S/C23H20Cl4N2O3/c1-2-31-22-9-14(12-28-15-4-6-17(24)19(26)10-15)3-8-21(22)32-13-23(30)29-16-5-7-18(25)20(27)11-16/h3-11,28H,2,12-13H2,1H3,(H,29,30). The fourth-order valence-corrected chi connectivity index (χ4v) is 3.37. The molecule has 0 spiro atoms. The number of hydrogen-bond acceptors (Lipinski definition) is 4. The summed E-state index contributed by atoms with van der Waals surface area (Å²) < 4.78 is 11.4. The van der Waals surface area contributed by atoms with Crippen molar-refractivity contribution in [1.29, 1.82) is 0 Å². The van der Waals surface area contributed by atoms with Gasteiger partial charge in [0.25, 0.3) is 5.91 Å². The first-order valence-corrected chi connectivity index (χ1v) is 11.2. The van der Waals surface area contributed by atoms with E-state index in [1.807, 2.05) is 25.1 Å². The third kappa shape index (κ3) is 6.84. The van der Waals surface area contributed by atoms with Gasteiger partial charge in [-0.1, -0.05) is 52.5 Å². The number of carbonyl (C=O) groups is 1. The van der Waals surface area contributed by atoms with Crippen LogP contribution in [0.15, 0.2) is 54.6 Å². The molecule has 5 nitrogen and oxygen atoms in total. The lowest BCUT2D eigenvalue weighted by Gasteiger charge is -2.14. The third-order valence-electron chi connectivity index (χ3n) is 4.29. The first-order valence-electron chi connectivity index (χ1n) is 9.68. The second-order valence-corrected chi connectivity index (χ2v) is 8.29. The summed E-state index contributed by atoms with van der Waals surface area (Å²) >= 11 is 23.9. The van der Waals surface area contributed by atoms with E-state index in [1.54, 1.807) is 36.4 Å². The molecule has 0 atom stereocenters. The Labute approximate surface area is 206 Å². The predicted octanol–water partition coefficient (Wildman–Crippen LogP) is 7.33. The molecule has 2 N–H and O–H groups in total. The van der Waals surface area contributed by atoms with E-state index < -0.39 is 0 Å². The molecule has 0 fully saturated rings. The van der Waals surface area contributed by atoms with E-state index in [2.05, 4.69) is 10.6 Å². The zero-order chi connectivity index (χ0) is 23.1.